The summed E-state index contributed by atoms with van der Waals surface area (Å²) in [6, 6.07) is 9.29. The van der Waals surface area contributed by atoms with Crippen molar-refractivity contribution in [2.24, 2.45) is 5.73 Å². The van der Waals surface area contributed by atoms with E-state index in [-0.39, 0.29) is 5.82 Å². The molecule has 1 aromatic heterocycles. The lowest BCUT2D eigenvalue weighted by atomic mass is 10.2. The second-order valence-electron chi connectivity index (χ2n) is 4.12. The highest BCUT2D eigenvalue weighted by Gasteiger charge is 2.18. The number of hydrogen-bond acceptors (Lipinski definition) is 4. The van der Waals surface area contributed by atoms with Gasteiger partial charge in [-0.05, 0) is 36.8 Å². The number of nitrogens with two attached hydrogens (primary N) is 1. The minimum atomic E-state index is -0.973. The second-order valence-corrected chi connectivity index (χ2v) is 5.20. The summed E-state index contributed by atoms with van der Waals surface area (Å²) in [7, 11) is 0. The highest BCUT2D eigenvalue weighted by atomic mass is 32.1. The van der Waals surface area contributed by atoms with Gasteiger partial charge < -0.3 is 10.5 Å². The van der Waals surface area contributed by atoms with Gasteiger partial charge in [-0.3, -0.25) is 4.79 Å². The molecule has 1 amide bonds. The number of primary amides is 1. The van der Waals surface area contributed by atoms with Crippen LogP contribution in [-0.4, -0.2) is 18.0 Å². The number of carbonyl (C=O) groups is 2. The predicted molar refractivity (Wildman–Crippen MR) is 73.8 cm³/mol. The largest absolute Gasteiger partial charge is 0.448 e. The van der Waals surface area contributed by atoms with Gasteiger partial charge in [0, 0.05) is 4.88 Å². The molecule has 20 heavy (non-hydrogen) atoms. The average Bonchev–Trinajstić information content (AvgIpc) is 2.89. The number of hydrogen-bond donors (Lipinski definition) is 1. The summed E-state index contributed by atoms with van der Waals surface area (Å²) in [5.74, 6) is -1.62. The lowest BCUT2D eigenvalue weighted by Crippen LogP contribution is -2.30. The number of carbonyl (C=O) groups excluding carboxylic acids is 2. The summed E-state index contributed by atoms with van der Waals surface area (Å²) in [5, 5.41) is 0. The Labute approximate surface area is 119 Å². The van der Waals surface area contributed by atoms with Crippen LogP contribution >= 0.6 is 11.3 Å². The van der Waals surface area contributed by atoms with Crippen LogP contribution in [0.3, 0.4) is 0 Å². The molecule has 1 unspecified atom stereocenters. The Bertz CT molecular complexity index is 636. The van der Waals surface area contributed by atoms with E-state index < -0.39 is 18.0 Å². The quantitative estimate of drug-likeness (QED) is 0.881. The molecule has 104 valence electrons. The topological polar surface area (TPSA) is 69.4 Å². The molecule has 1 atom stereocenters. The summed E-state index contributed by atoms with van der Waals surface area (Å²) in [6.45, 7) is 1.41. The second kappa shape index (κ2) is 5.83. The van der Waals surface area contributed by atoms with Gasteiger partial charge in [-0.15, -0.1) is 11.3 Å². The van der Waals surface area contributed by atoms with Crippen molar-refractivity contribution >= 4 is 23.2 Å². The first-order chi connectivity index (χ1) is 9.47. The van der Waals surface area contributed by atoms with Crippen molar-refractivity contribution in [2.75, 3.05) is 0 Å². The Balaban J connectivity index is 2.14. The van der Waals surface area contributed by atoms with Crippen molar-refractivity contribution in [3.05, 3.63) is 47.1 Å². The number of halogens is 1. The molecule has 0 bridgehead atoms. The molecule has 0 saturated heterocycles. The molecule has 0 aliphatic carbocycles. The number of benzene rings is 1. The Kier molecular flexibility index (Phi) is 4.14. The fourth-order valence-corrected chi connectivity index (χ4v) is 2.39. The van der Waals surface area contributed by atoms with Gasteiger partial charge in [-0.25, -0.2) is 9.18 Å². The fraction of sp³-hybridized carbons (Fsp3) is 0.143. The zero-order chi connectivity index (χ0) is 14.7. The molecule has 2 aromatic rings. The van der Waals surface area contributed by atoms with Gasteiger partial charge in [0.1, 0.15) is 10.7 Å². The first kappa shape index (κ1) is 14.2. The third-order valence-corrected chi connectivity index (χ3v) is 3.73. The Hall–Kier alpha value is -2.21. The van der Waals surface area contributed by atoms with E-state index in [9.17, 15) is 14.0 Å². The van der Waals surface area contributed by atoms with E-state index in [1.54, 1.807) is 24.3 Å². The molecule has 0 radical (unpaired) electrons. The SMILES string of the molecule is CC(OC(=O)c1ccc(-c2ccc(F)cc2)s1)C(N)=O. The van der Waals surface area contributed by atoms with Crippen LogP contribution in [0.25, 0.3) is 10.4 Å². The summed E-state index contributed by atoms with van der Waals surface area (Å²) in [5.41, 5.74) is 5.83. The molecule has 0 spiro atoms. The van der Waals surface area contributed by atoms with Crippen LogP contribution in [0.1, 0.15) is 16.6 Å². The Morgan fingerprint density at radius 1 is 1.20 bits per heavy atom. The molecule has 1 aromatic carbocycles. The number of amides is 1. The lowest BCUT2D eigenvalue weighted by molar-refractivity contribution is -0.125. The number of esters is 1. The molecule has 6 heteroatoms. The zero-order valence-corrected chi connectivity index (χ0v) is 11.4. The Morgan fingerprint density at radius 3 is 2.45 bits per heavy atom. The minimum Gasteiger partial charge on any atom is -0.448 e. The number of rotatable bonds is 4. The van der Waals surface area contributed by atoms with Gasteiger partial charge in [-0.1, -0.05) is 12.1 Å². The summed E-state index contributed by atoms with van der Waals surface area (Å²) < 4.78 is 17.7. The molecule has 0 aliphatic heterocycles. The van der Waals surface area contributed by atoms with Crippen molar-refractivity contribution in [1.82, 2.24) is 0 Å². The smallest absolute Gasteiger partial charge is 0.349 e. The number of thiophene rings is 1. The molecule has 0 aliphatic rings. The van der Waals surface area contributed by atoms with Crippen LogP contribution < -0.4 is 5.73 Å². The van der Waals surface area contributed by atoms with Gasteiger partial charge in [0.25, 0.3) is 5.91 Å². The van der Waals surface area contributed by atoms with Crippen molar-refractivity contribution < 1.29 is 18.7 Å². The highest BCUT2D eigenvalue weighted by Crippen LogP contribution is 2.28. The monoisotopic (exact) mass is 293 g/mol. The van der Waals surface area contributed by atoms with E-state index in [1.165, 1.54) is 30.4 Å². The molecule has 1 heterocycles. The maximum atomic E-state index is 12.8. The van der Waals surface area contributed by atoms with Crippen LogP contribution in [0.5, 0.6) is 0 Å². The third-order valence-electron chi connectivity index (χ3n) is 2.62. The molecular weight excluding hydrogens is 281 g/mol. The summed E-state index contributed by atoms with van der Waals surface area (Å²) in [4.78, 5) is 23.8. The van der Waals surface area contributed by atoms with E-state index in [4.69, 9.17) is 10.5 Å². The average molecular weight is 293 g/mol. The van der Waals surface area contributed by atoms with Crippen molar-refractivity contribution in [3.8, 4) is 10.4 Å². The van der Waals surface area contributed by atoms with E-state index in [1.807, 2.05) is 0 Å². The van der Waals surface area contributed by atoms with Gasteiger partial charge >= 0.3 is 5.97 Å². The van der Waals surface area contributed by atoms with Gasteiger partial charge in [0.05, 0.1) is 0 Å². The van der Waals surface area contributed by atoms with Crippen LogP contribution in [0.2, 0.25) is 0 Å². The zero-order valence-electron chi connectivity index (χ0n) is 10.6. The minimum absolute atomic E-state index is 0.319. The molecule has 2 N–H and O–H groups in total. The fourth-order valence-electron chi connectivity index (χ4n) is 1.49. The molecule has 2 rings (SSSR count). The maximum absolute atomic E-state index is 12.8. The van der Waals surface area contributed by atoms with Crippen LogP contribution in [-0.2, 0) is 9.53 Å². The number of ether oxygens (including phenoxy) is 1. The van der Waals surface area contributed by atoms with Crippen molar-refractivity contribution in [2.45, 2.75) is 13.0 Å². The van der Waals surface area contributed by atoms with Gasteiger partial charge in [0.2, 0.25) is 0 Å². The predicted octanol–water partition coefficient (Wildman–Crippen LogP) is 2.58. The first-order valence-corrected chi connectivity index (χ1v) is 6.65. The van der Waals surface area contributed by atoms with Crippen molar-refractivity contribution in [3.63, 3.8) is 0 Å². The van der Waals surface area contributed by atoms with E-state index in [0.29, 0.717) is 4.88 Å². The highest BCUT2D eigenvalue weighted by molar-refractivity contribution is 7.17. The molecule has 0 saturated carbocycles. The van der Waals surface area contributed by atoms with Crippen LogP contribution in [0, 0.1) is 5.82 Å². The van der Waals surface area contributed by atoms with Crippen molar-refractivity contribution in [1.29, 1.82) is 0 Å². The Morgan fingerprint density at radius 2 is 1.85 bits per heavy atom. The third kappa shape index (κ3) is 3.21. The van der Waals surface area contributed by atoms with Crippen LogP contribution in [0.4, 0.5) is 4.39 Å². The van der Waals surface area contributed by atoms with Gasteiger partial charge in [-0.2, -0.15) is 0 Å². The molecule has 4 nitrogen and oxygen atoms in total. The molecular formula is C14H12FNO3S. The van der Waals surface area contributed by atoms with E-state index >= 15 is 0 Å². The maximum Gasteiger partial charge on any atom is 0.349 e. The van der Waals surface area contributed by atoms with E-state index in [0.717, 1.165) is 10.4 Å². The molecule has 0 fully saturated rings. The summed E-state index contributed by atoms with van der Waals surface area (Å²) in [6.07, 6.45) is -0.973. The first-order valence-electron chi connectivity index (χ1n) is 5.83. The summed E-state index contributed by atoms with van der Waals surface area (Å²) >= 11 is 1.20. The lowest BCUT2D eigenvalue weighted by Gasteiger charge is -2.07. The van der Waals surface area contributed by atoms with E-state index in [2.05, 4.69) is 0 Å². The van der Waals surface area contributed by atoms with Crippen LogP contribution in [0.15, 0.2) is 36.4 Å². The standard InChI is InChI=1S/C14H12FNO3S/c1-8(13(16)17)19-14(18)12-7-6-11(20-12)9-2-4-10(15)5-3-9/h2-8H,1H3,(H2,16,17). The van der Waals surface area contributed by atoms with Gasteiger partial charge in [0.15, 0.2) is 6.10 Å². The normalized spacial score (nSPS) is 11.9.